The number of hydrogen-bond acceptors (Lipinski definition) is 4. The number of hydrogen-bond donors (Lipinski definition) is 2. The fraction of sp³-hybridized carbons (Fsp3) is 0.375. The molecular formula is C24H25FN2O3. The van der Waals surface area contributed by atoms with Gasteiger partial charge in [0.15, 0.2) is 0 Å². The summed E-state index contributed by atoms with van der Waals surface area (Å²) in [6.07, 6.45) is 3.65. The van der Waals surface area contributed by atoms with Gasteiger partial charge in [0.2, 0.25) is 0 Å². The van der Waals surface area contributed by atoms with E-state index >= 15 is 0 Å². The van der Waals surface area contributed by atoms with Crippen LogP contribution in [-0.2, 0) is 22.6 Å². The highest BCUT2D eigenvalue weighted by Gasteiger charge is 2.32. The Hall–Kier alpha value is -2.70. The molecule has 0 aliphatic carbocycles. The molecule has 3 aliphatic heterocycles. The standard InChI is InChI=1S/C24H25FN2O3/c25-17-4-6-21-20(13-17)22(24(29)26-21)23-19-5-3-15(12-16(19)14-30-23)2-1-9-27-10-7-18(28)8-11-27/h3-6,12-13,18,28H,1-2,7-11,14H2,(H,26,29)/b23-22+. The predicted octanol–water partition coefficient (Wildman–Crippen LogP) is 3.57. The minimum atomic E-state index is -0.375. The Bertz CT molecular complexity index is 1030. The molecule has 2 aromatic rings. The first-order valence-corrected chi connectivity index (χ1v) is 10.6. The zero-order valence-electron chi connectivity index (χ0n) is 16.8. The van der Waals surface area contributed by atoms with Crippen molar-refractivity contribution in [1.82, 2.24) is 4.90 Å². The number of amides is 1. The Labute approximate surface area is 175 Å². The maximum atomic E-state index is 13.8. The lowest BCUT2D eigenvalue weighted by Crippen LogP contribution is -2.36. The first kappa shape index (κ1) is 19.3. The number of fused-ring (bicyclic) bond motifs is 2. The lowest BCUT2D eigenvalue weighted by Gasteiger charge is -2.29. The number of rotatable bonds is 4. The first-order valence-electron chi connectivity index (χ1n) is 10.6. The van der Waals surface area contributed by atoms with E-state index in [0.717, 1.165) is 56.4 Å². The van der Waals surface area contributed by atoms with Crippen LogP contribution in [0.2, 0.25) is 0 Å². The Morgan fingerprint density at radius 1 is 1.13 bits per heavy atom. The summed E-state index contributed by atoms with van der Waals surface area (Å²) in [6, 6.07) is 10.6. The van der Waals surface area contributed by atoms with Crippen LogP contribution in [0, 0.1) is 5.82 Å². The third kappa shape index (κ3) is 3.61. The van der Waals surface area contributed by atoms with E-state index in [2.05, 4.69) is 22.3 Å². The number of halogens is 1. The SMILES string of the molecule is O=C1Nc2ccc(F)cc2/C1=C1\OCc2cc(CCCN3CCC(O)CC3)ccc21. The number of carbonyl (C=O) groups is 1. The number of likely N-dealkylation sites (tertiary alicyclic amines) is 1. The fourth-order valence-corrected chi connectivity index (χ4v) is 4.59. The number of aliphatic hydroxyl groups excluding tert-OH is 1. The summed E-state index contributed by atoms with van der Waals surface area (Å²) in [7, 11) is 0. The molecule has 156 valence electrons. The van der Waals surface area contributed by atoms with Crippen molar-refractivity contribution in [1.29, 1.82) is 0 Å². The monoisotopic (exact) mass is 408 g/mol. The third-order valence-electron chi connectivity index (χ3n) is 6.24. The Balaban J connectivity index is 1.32. The number of aryl methyl sites for hydroxylation is 1. The van der Waals surface area contributed by atoms with Gasteiger partial charge in [-0.1, -0.05) is 18.2 Å². The quantitative estimate of drug-likeness (QED) is 0.760. The molecule has 5 nitrogen and oxygen atoms in total. The van der Waals surface area contributed by atoms with Crippen LogP contribution in [0.15, 0.2) is 36.4 Å². The lowest BCUT2D eigenvalue weighted by atomic mass is 9.98. The summed E-state index contributed by atoms with van der Waals surface area (Å²) in [6.45, 7) is 3.41. The molecule has 30 heavy (non-hydrogen) atoms. The normalized spacial score (nSPS) is 21.3. The molecule has 1 amide bonds. The van der Waals surface area contributed by atoms with Crippen LogP contribution < -0.4 is 5.32 Å². The van der Waals surface area contributed by atoms with Crippen LogP contribution in [0.4, 0.5) is 10.1 Å². The molecule has 2 N–H and O–H groups in total. The van der Waals surface area contributed by atoms with Gasteiger partial charge in [0, 0.05) is 35.5 Å². The van der Waals surface area contributed by atoms with Crippen molar-refractivity contribution in [3.63, 3.8) is 0 Å². The summed E-state index contributed by atoms with van der Waals surface area (Å²) < 4.78 is 19.7. The number of carbonyl (C=O) groups excluding carboxylic acids is 1. The van der Waals surface area contributed by atoms with Crippen molar-refractivity contribution in [3.8, 4) is 0 Å². The van der Waals surface area contributed by atoms with E-state index in [0.29, 0.717) is 29.2 Å². The first-order chi connectivity index (χ1) is 14.6. The summed E-state index contributed by atoms with van der Waals surface area (Å²) in [5, 5.41) is 12.4. The van der Waals surface area contributed by atoms with E-state index in [4.69, 9.17) is 4.74 Å². The zero-order chi connectivity index (χ0) is 20.7. The number of anilines is 1. The molecule has 6 heteroatoms. The Morgan fingerprint density at radius 2 is 1.97 bits per heavy atom. The topological polar surface area (TPSA) is 61.8 Å². The zero-order valence-corrected chi connectivity index (χ0v) is 16.8. The summed E-state index contributed by atoms with van der Waals surface area (Å²) in [5.74, 6) is -0.0976. The highest BCUT2D eigenvalue weighted by molar-refractivity contribution is 6.36. The van der Waals surface area contributed by atoms with Crippen LogP contribution in [0.3, 0.4) is 0 Å². The molecule has 0 saturated carbocycles. The molecule has 2 aromatic carbocycles. The van der Waals surface area contributed by atoms with Crippen molar-refractivity contribution < 1.29 is 19.0 Å². The second kappa shape index (κ2) is 7.85. The second-order valence-electron chi connectivity index (χ2n) is 8.30. The smallest absolute Gasteiger partial charge is 0.260 e. The molecule has 1 saturated heterocycles. The lowest BCUT2D eigenvalue weighted by molar-refractivity contribution is -0.110. The molecule has 0 spiro atoms. The summed E-state index contributed by atoms with van der Waals surface area (Å²) in [4.78, 5) is 14.9. The van der Waals surface area contributed by atoms with Crippen molar-refractivity contribution in [3.05, 3.63) is 64.5 Å². The molecule has 0 atom stereocenters. The van der Waals surface area contributed by atoms with Crippen LogP contribution >= 0.6 is 0 Å². The molecule has 0 unspecified atom stereocenters. The van der Waals surface area contributed by atoms with Gasteiger partial charge in [-0.15, -0.1) is 0 Å². The minimum absolute atomic E-state index is 0.133. The Morgan fingerprint density at radius 3 is 2.80 bits per heavy atom. The fourth-order valence-electron chi connectivity index (χ4n) is 4.59. The van der Waals surface area contributed by atoms with E-state index in [1.165, 1.54) is 17.7 Å². The van der Waals surface area contributed by atoms with Gasteiger partial charge in [-0.05, 0) is 56.0 Å². The third-order valence-corrected chi connectivity index (χ3v) is 6.24. The van der Waals surface area contributed by atoms with E-state index in [1.54, 1.807) is 6.07 Å². The van der Waals surface area contributed by atoms with Gasteiger partial charge in [0.1, 0.15) is 18.2 Å². The molecular weight excluding hydrogens is 383 g/mol. The summed E-state index contributed by atoms with van der Waals surface area (Å²) >= 11 is 0. The van der Waals surface area contributed by atoms with Gasteiger partial charge in [0.05, 0.1) is 11.7 Å². The highest BCUT2D eigenvalue weighted by atomic mass is 19.1. The van der Waals surface area contributed by atoms with E-state index in [1.807, 2.05) is 6.07 Å². The number of nitrogens with zero attached hydrogens (tertiary/aromatic N) is 1. The Kier molecular flexibility index (Phi) is 5.05. The average molecular weight is 408 g/mol. The van der Waals surface area contributed by atoms with E-state index in [-0.39, 0.29) is 17.8 Å². The largest absolute Gasteiger partial charge is 0.487 e. The maximum absolute atomic E-state index is 13.8. The molecule has 3 heterocycles. The predicted molar refractivity (Wildman–Crippen MR) is 113 cm³/mol. The molecule has 1 fully saturated rings. The molecule has 5 rings (SSSR count). The van der Waals surface area contributed by atoms with E-state index in [9.17, 15) is 14.3 Å². The van der Waals surface area contributed by atoms with Crippen LogP contribution in [0.1, 0.15) is 41.5 Å². The van der Waals surface area contributed by atoms with E-state index < -0.39 is 0 Å². The van der Waals surface area contributed by atoms with Gasteiger partial charge in [-0.25, -0.2) is 4.39 Å². The van der Waals surface area contributed by atoms with Crippen LogP contribution in [0.5, 0.6) is 0 Å². The van der Waals surface area contributed by atoms with Crippen LogP contribution in [0.25, 0.3) is 11.3 Å². The highest BCUT2D eigenvalue weighted by Crippen LogP contribution is 2.42. The van der Waals surface area contributed by atoms with Crippen molar-refractivity contribution >= 4 is 22.9 Å². The maximum Gasteiger partial charge on any atom is 0.260 e. The molecule has 0 aromatic heterocycles. The van der Waals surface area contributed by atoms with Gasteiger partial charge in [0.25, 0.3) is 5.91 Å². The number of benzene rings is 2. The summed E-state index contributed by atoms with van der Waals surface area (Å²) in [5.41, 5.74) is 4.80. The molecule has 0 bridgehead atoms. The van der Waals surface area contributed by atoms with Gasteiger partial charge >= 0.3 is 0 Å². The van der Waals surface area contributed by atoms with Crippen molar-refractivity contribution in [2.75, 3.05) is 25.0 Å². The number of aliphatic hydroxyl groups is 1. The van der Waals surface area contributed by atoms with Crippen molar-refractivity contribution in [2.45, 2.75) is 38.4 Å². The van der Waals surface area contributed by atoms with Crippen molar-refractivity contribution in [2.24, 2.45) is 0 Å². The molecule has 3 aliphatic rings. The van der Waals surface area contributed by atoms with Gasteiger partial charge in [-0.2, -0.15) is 0 Å². The van der Waals surface area contributed by atoms with Crippen LogP contribution in [-0.4, -0.2) is 41.7 Å². The van der Waals surface area contributed by atoms with Gasteiger partial charge < -0.3 is 20.1 Å². The van der Waals surface area contributed by atoms with Gasteiger partial charge in [-0.3, -0.25) is 4.79 Å². The number of piperidine rings is 1. The average Bonchev–Trinajstić information content (AvgIpc) is 3.28. The minimum Gasteiger partial charge on any atom is -0.487 e. The number of ether oxygens (including phenoxy) is 1. The second-order valence-corrected chi connectivity index (χ2v) is 8.30. The number of nitrogens with one attached hydrogen (secondary N) is 1. The molecule has 0 radical (unpaired) electrons.